The first kappa shape index (κ1) is 17.9. The molecule has 1 fully saturated rings. The minimum absolute atomic E-state index is 0.242. The molecule has 0 amide bonds. The van der Waals surface area contributed by atoms with Crippen molar-refractivity contribution in [2.75, 3.05) is 13.1 Å². The van der Waals surface area contributed by atoms with Gasteiger partial charge in [0.25, 0.3) is 0 Å². The van der Waals surface area contributed by atoms with Gasteiger partial charge in [-0.1, -0.05) is 23.8 Å². The average Bonchev–Trinajstić information content (AvgIpc) is 3.29. The van der Waals surface area contributed by atoms with Crippen LogP contribution in [-0.4, -0.2) is 37.1 Å². The number of nitrogens with zero attached hydrogens (tertiary/aromatic N) is 1. The second-order valence-corrected chi connectivity index (χ2v) is 9.11. The molecule has 3 aromatic rings. The molecule has 0 unspecified atom stereocenters. The molecule has 140 valence electrons. The lowest BCUT2D eigenvalue weighted by Crippen LogP contribution is -2.27. The Morgan fingerprint density at radius 2 is 1.78 bits per heavy atom. The summed E-state index contributed by atoms with van der Waals surface area (Å²) in [6, 6.07) is 11.1. The number of sulfonamides is 1. The van der Waals surface area contributed by atoms with E-state index in [9.17, 15) is 13.2 Å². The fraction of sp³-hybridized carbons (Fsp3) is 0.286. The highest BCUT2D eigenvalue weighted by atomic mass is 32.2. The van der Waals surface area contributed by atoms with Crippen LogP contribution in [-0.2, 0) is 10.0 Å². The number of aromatic nitrogens is 1. The Morgan fingerprint density at radius 1 is 1.04 bits per heavy atom. The Morgan fingerprint density at radius 3 is 2.44 bits per heavy atom. The first-order valence-electron chi connectivity index (χ1n) is 9.10. The molecule has 0 saturated carbocycles. The van der Waals surface area contributed by atoms with Crippen LogP contribution in [0, 0.1) is 13.8 Å². The molecule has 5 nitrogen and oxygen atoms in total. The maximum absolute atomic E-state index is 12.9. The van der Waals surface area contributed by atoms with Crippen LogP contribution in [0.2, 0.25) is 0 Å². The fourth-order valence-electron chi connectivity index (χ4n) is 3.86. The van der Waals surface area contributed by atoms with E-state index in [1.165, 1.54) is 4.31 Å². The van der Waals surface area contributed by atoms with Crippen LogP contribution in [0.4, 0.5) is 0 Å². The van der Waals surface area contributed by atoms with Gasteiger partial charge in [-0.2, -0.15) is 4.31 Å². The molecule has 2 heterocycles. The van der Waals surface area contributed by atoms with Crippen molar-refractivity contribution < 1.29 is 13.2 Å². The predicted octanol–water partition coefficient (Wildman–Crippen LogP) is 4.05. The number of aryl methyl sites for hydroxylation is 2. The maximum atomic E-state index is 12.9. The zero-order valence-corrected chi connectivity index (χ0v) is 16.3. The summed E-state index contributed by atoms with van der Waals surface area (Å²) in [7, 11) is -3.52. The molecule has 1 aliphatic rings. The third-order valence-electron chi connectivity index (χ3n) is 5.28. The minimum Gasteiger partial charge on any atom is -0.354 e. The molecule has 0 radical (unpaired) electrons. The lowest BCUT2D eigenvalue weighted by Gasteiger charge is -2.15. The van der Waals surface area contributed by atoms with Gasteiger partial charge in [-0.3, -0.25) is 4.79 Å². The molecule has 6 heteroatoms. The summed E-state index contributed by atoms with van der Waals surface area (Å²) in [5.41, 5.74) is 5.15. The SMILES string of the molecule is Cc1ccc(-c2[nH]c3ccc(S(=O)(=O)N4CCCC4)cc3c2C=O)c(C)c1. The van der Waals surface area contributed by atoms with Crippen molar-refractivity contribution in [3.05, 3.63) is 53.1 Å². The average molecular weight is 382 g/mol. The first-order chi connectivity index (χ1) is 12.9. The molecule has 1 aromatic heterocycles. The Labute approximate surface area is 159 Å². The van der Waals surface area contributed by atoms with Crippen LogP contribution in [0.1, 0.15) is 34.3 Å². The van der Waals surface area contributed by atoms with Gasteiger partial charge in [0.05, 0.1) is 10.6 Å². The van der Waals surface area contributed by atoms with Crippen LogP contribution in [0.3, 0.4) is 0 Å². The van der Waals surface area contributed by atoms with Crippen LogP contribution >= 0.6 is 0 Å². The second-order valence-electron chi connectivity index (χ2n) is 7.17. The quantitative estimate of drug-likeness (QED) is 0.692. The maximum Gasteiger partial charge on any atom is 0.243 e. The summed E-state index contributed by atoms with van der Waals surface area (Å²) in [5, 5.41) is 0.639. The molecule has 0 aliphatic carbocycles. The normalized spacial score (nSPS) is 15.5. The topological polar surface area (TPSA) is 70.2 Å². The van der Waals surface area contributed by atoms with E-state index in [1.54, 1.807) is 18.2 Å². The molecular formula is C21H22N2O3S. The second kappa shape index (κ2) is 6.62. The van der Waals surface area contributed by atoms with Crippen molar-refractivity contribution in [3.63, 3.8) is 0 Å². The van der Waals surface area contributed by atoms with E-state index in [0.717, 1.165) is 47.0 Å². The van der Waals surface area contributed by atoms with Gasteiger partial charge in [0.15, 0.2) is 6.29 Å². The van der Waals surface area contributed by atoms with E-state index >= 15 is 0 Å². The third-order valence-corrected chi connectivity index (χ3v) is 7.18. The number of fused-ring (bicyclic) bond motifs is 1. The van der Waals surface area contributed by atoms with Gasteiger partial charge in [0.2, 0.25) is 10.0 Å². The number of rotatable bonds is 4. The molecule has 1 saturated heterocycles. The Kier molecular flexibility index (Phi) is 4.40. The van der Waals surface area contributed by atoms with E-state index in [-0.39, 0.29) is 4.90 Å². The van der Waals surface area contributed by atoms with Gasteiger partial charge in [-0.25, -0.2) is 8.42 Å². The van der Waals surface area contributed by atoms with E-state index in [1.807, 2.05) is 26.0 Å². The van der Waals surface area contributed by atoms with Gasteiger partial charge >= 0.3 is 0 Å². The van der Waals surface area contributed by atoms with E-state index in [2.05, 4.69) is 11.1 Å². The number of H-pyrrole nitrogens is 1. The van der Waals surface area contributed by atoms with Crippen LogP contribution < -0.4 is 0 Å². The Balaban J connectivity index is 1.88. The number of hydrogen-bond donors (Lipinski definition) is 1. The summed E-state index contributed by atoms with van der Waals surface area (Å²) in [4.78, 5) is 15.4. The monoisotopic (exact) mass is 382 g/mol. The number of benzene rings is 2. The Hall–Kier alpha value is -2.44. The highest BCUT2D eigenvalue weighted by Gasteiger charge is 2.28. The molecule has 0 spiro atoms. The van der Waals surface area contributed by atoms with Crippen molar-refractivity contribution in [1.82, 2.24) is 9.29 Å². The van der Waals surface area contributed by atoms with Gasteiger partial charge in [-0.15, -0.1) is 0 Å². The number of aromatic amines is 1. The van der Waals surface area contributed by atoms with Gasteiger partial charge in [0, 0.05) is 35.1 Å². The van der Waals surface area contributed by atoms with Crippen molar-refractivity contribution in [2.24, 2.45) is 0 Å². The third kappa shape index (κ3) is 2.99. The molecule has 4 rings (SSSR count). The highest BCUT2D eigenvalue weighted by Crippen LogP contribution is 2.33. The molecule has 1 N–H and O–H groups in total. The zero-order chi connectivity index (χ0) is 19.2. The standard InChI is InChI=1S/C21H22N2O3S/c1-14-5-7-17(15(2)11-14)21-19(13-24)18-12-16(6-8-20(18)22-21)27(25,26)23-9-3-4-10-23/h5-8,11-13,22H,3-4,9-10H2,1-2H3. The van der Waals surface area contributed by atoms with E-state index < -0.39 is 10.0 Å². The van der Waals surface area contributed by atoms with Crippen LogP contribution in [0.25, 0.3) is 22.2 Å². The summed E-state index contributed by atoms with van der Waals surface area (Å²) < 4.78 is 27.3. The van der Waals surface area contributed by atoms with Gasteiger partial charge < -0.3 is 4.98 Å². The van der Waals surface area contributed by atoms with Crippen molar-refractivity contribution in [2.45, 2.75) is 31.6 Å². The highest BCUT2D eigenvalue weighted by molar-refractivity contribution is 7.89. The van der Waals surface area contributed by atoms with Crippen molar-refractivity contribution >= 4 is 27.2 Å². The summed E-state index contributed by atoms with van der Waals surface area (Å²) in [6.45, 7) is 5.15. The Bertz CT molecular complexity index is 1140. The summed E-state index contributed by atoms with van der Waals surface area (Å²) in [6.07, 6.45) is 2.59. The van der Waals surface area contributed by atoms with Gasteiger partial charge in [-0.05, 0) is 50.5 Å². The zero-order valence-electron chi connectivity index (χ0n) is 15.5. The molecule has 27 heavy (non-hydrogen) atoms. The minimum atomic E-state index is -3.52. The van der Waals surface area contributed by atoms with Crippen LogP contribution in [0.15, 0.2) is 41.3 Å². The van der Waals surface area contributed by atoms with E-state index in [0.29, 0.717) is 24.0 Å². The fourth-order valence-corrected chi connectivity index (χ4v) is 5.40. The number of carbonyl (C=O) groups is 1. The van der Waals surface area contributed by atoms with Crippen molar-refractivity contribution in [1.29, 1.82) is 0 Å². The number of aldehydes is 1. The number of hydrogen-bond acceptors (Lipinski definition) is 3. The van der Waals surface area contributed by atoms with Gasteiger partial charge in [0.1, 0.15) is 0 Å². The van der Waals surface area contributed by atoms with Crippen molar-refractivity contribution in [3.8, 4) is 11.3 Å². The molecule has 0 bridgehead atoms. The van der Waals surface area contributed by atoms with Crippen LogP contribution in [0.5, 0.6) is 0 Å². The smallest absolute Gasteiger partial charge is 0.243 e. The number of carbonyl (C=O) groups excluding carboxylic acids is 1. The molecular weight excluding hydrogens is 360 g/mol. The predicted molar refractivity (Wildman–Crippen MR) is 107 cm³/mol. The lowest BCUT2D eigenvalue weighted by molar-refractivity contribution is 0.112. The lowest BCUT2D eigenvalue weighted by atomic mass is 10.00. The summed E-state index contributed by atoms with van der Waals surface area (Å²) in [5.74, 6) is 0. The first-order valence-corrected chi connectivity index (χ1v) is 10.5. The molecule has 1 aliphatic heterocycles. The number of nitrogens with one attached hydrogen (secondary N) is 1. The summed E-state index contributed by atoms with van der Waals surface area (Å²) >= 11 is 0. The largest absolute Gasteiger partial charge is 0.354 e. The molecule has 0 atom stereocenters. The molecule has 2 aromatic carbocycles. The van der Waals surface area contributed by atoms with E-state index in [4.69, 9.17) is 0 Å².